The number of aromatic nitrogens is 2. The first-order valence-electron chi connectivity index (χ1n) is 3.31. The zero-order valence-electron chi connectivity index (χ0n) is 6.94. The van der Waals surface area contributed by atoms with Crippen LogP contribution in [0.5, 0.6) is 0 Å². The summed E-state index contributed by atoms with van der Waals surface area (Å²) in [6.07, 6.45) is 0.789. The normalized spacial score (nSPS) is 11.2. The maximum Gasteiger partial charge on any atom is 0.323 e. The summed E-state index contributed by atoms with van der Waals surface area (Å²) in [5.74, 6) is -1.05. The molecule has 5 heteroatoms. The number of imidazole rings is 1. The molecule has 10 heavy (non-hydrogen) atoms. The van der Waals surface area contributed by atoms with Gasteiger partial charge in [0.2, 0.25) is 0 Å². The first-order chi connectivity index (χ1) is 5.11. The summed E-state index contributed by atoms with van der Waals surface area (Å²) in [5.41, 5.74) is 0. The van der Waals surface area contributed by atoms with E-state index < -0.39 is 5.97 Å². The zero-order chi connectivity index (χ0) is 8.43. The maximum absolute atomic E-state index is 10.1. The van der Waals surface area contributed by atoms with Gasteiger partial charge in [0.05, 0.1) is 9.07 Å². The number of nitrogens with zero attached hydrogens (tertiary/aromatic N) is 2. The molecule has 1 heterocycles. The van der Waals surface area contributed by atoms with Crippen LogP contribution >= 0.6 is 12.4 Å². The van der Waals surface area contributed by atoms with E-state index >= 15 is 0 Å². The third-order valence-electron chi connectivity index (χ3n) is 0.761. The van der Waals surface area contributed by atoms with Crippen molar-refractivity contribution in [3.8, 4) is 0 Å². The van der Waals surface area contributed by atoms with Gasteiger partial charge in [-0.3, -0.25) is 4.79 Å². The van der Waals surface area contributed by atoms with Crippen LogP contribution in [-0.2, 0) is 11.3 Å². The largest absolute Gasteiger partial charge is 0.480 e. The van der Waals surface area contributed by atoms with Gasteiger partial charge < -0.3 is 9.67 Å². The van der Waals surface area contributed by atoms with Crippen molar-refractivity contribution in [1.29, 1.82) is 0 Å². The number of halogens is 1. The van der Waals surface area contributed by atoms with Crippen molar-refractivity contribution < 1.29 is 12.6 Å². The topological polar surface area (TPSA) is 55.1 Å². The monoisotopic (exact) mass is 164 g/mol. The molecule has 0 aliphatic heterocycles. The lowest BCUT2D eigenvalue weighted by atomic mass is 10.6. The van der Waals surface area contributed by atoms with Crippen LogP contribution < -0.4 is 0 Å². The molecule has 0 aliphatic rings. The minimum atomic E-state index is -1.05. The van der Waals surface area contributed by atoms with Crippen LogP contribution in [0.2, 0.25) is 0 Å². The Bertz CT molecular complexity index is 289. The van der Waals surface area contributed by atoms with E-state index in [1.54, 1.807) is 0 Å². The number of carbonyl (C=O) groups is 1. The van der Waals surface area contributed by atoms with E-state index in [0.717, 1.165) is 4.57 Å². The molecule has 0 saturated heterocycles. The predicted molar refractivity (Wildman–Crippen MR) is 37.1 cm³/mol. The van der Waals surface area contributed by atoms with Gasteiger partial charge in [0.1, 0.15) is 6.54 Å². The number of carboxylic acids is 1. The Labute approximate surface area is 66.7 Å². The van der Waals surface area contributed by atoms with E-state index in [2.05, 4.69) is 4.98 Å². The fourth-order valence-electron chi connectivity index (χ4n) is 0.447. The third kappa shape index (κ3) is 2.50. The molecule has 1 N–H and O–H groups in total. The summed E-state index contributed by atoms with van der Waals surface area (Å²) in [4.78, 5) is 13.6. The third-order valence-corrected chi connectivity index (χ3v) is 0.761. The Balaban J connectivity index is 0.00000121. The first-order valence-corrected chi connectivity index (χ1v) is 2.31. The Kier molecular flexibility index (Phi) is 2.23. The van der Waals surface area contributed by atoms with Crippen molar-refractivity contribution >= 4 is 18.4 Å². The molecular weight excluding hydrogens is 156 g/mol. The molecule has 0 bridgehead atoms. The molecule has 56 valence electrons. The highest BCUT2D eigenvalue weighted by molar-refractivity contribution is 5.85. The number of hydrogen-bond acceptors (Lipinski definition) is 2. The molecule has 4 nitrogen and oxygen atoms in total. The van der Waals surface area contributed by atoms with E-state index in [4.69, 9.17) is 7.85 Å². The molecule has 1 aromatic rings. The van der Waals surface area contributed by atoms with Crippen molar-refractivity contribution in [2.24, 2.45) is 0 Å². The molecule has 0 atom stereocenters. The van der Waals surface area contributed by atoms with E-state index in [0.29, 0.717) is 0 Å². The fraction of sp³-hybridized carbons (Fsp3) is 0.200. The van der Waals surface area contributed by atoms with Gasteiger partial charge in [-0.25, -0.2) is 4.98 Å². The van der Waals surface area contributed by atoms with Gasteiger partial charge in [0.25, 0.3) is 0 Å². The smallest absolute Gasteiger partial charge is 0.323 e. The van der Waals surface area contributed by atoms with Crippen molar-refractivity contribution in [3.63, 3.8) is 0 Å². The molecule has 0 spiro atoms. The summed E-state index contributed by atoms with van der Waals surface area (Å²) in [5, 5.41) is 8.31. The van der Waals surface area contributed by atoms with Crippen LogP contribution in [0.25, 0.3) is 0 Å². The van der Waals surface area contributed by atoms with Gasteiger partial charge in [-0.15, -0.1) is 12.4 Å². The molecule has 0 aliphatic carbocycles. The van der Waals surface area contributed by atoms with Crippen LogP contribution in [0, 0.1) is 0 Å². The SMILES string of the molecule is Cl.[2H]c1ncn(CC(=O)O)c1[2H]. The van der Waals surface area contributed by atoms with Crippen molar-refractivity contribution in [1.82, 2.24) is 9.55 Å². The molecule has 0 amide bonds. The van der Waals surface area contributed by atoms with Gasteiger partial charge >= 0.3 is 5.97 Å². The molecule has 0 radical (unpaired) electrons. The van der Waals surface area contributed by atoms with Crippen molar-refractivity contribution in [2.75, 3.05) is 0 Å². The van der Waals surface area contributed by atoms with Crippen LogP contribution in [0.1, 0.15) is 2.74 Å². The average Bonchev–Trinajstić information content (AvgIpc) is 2.18. The van der Waals surface area contributed by atoms with Gasteiger partial charge in [0, 0.05) is 12.3 Å². The number of rotatable bonds is 2. The average molecular weight is 165 g/mol. The van der Waals surface area contributed by atoms with Gasteiger partial charge in [0.15, 0.2) is 0 Å². The van der Waals surface area contributed by atoms with E-state index in [9.17, 15) is 4.79 Å². The molecule has 1 aromatic heterocycles. The highest BCUT2D eigenvalue weighted by Gasteiger charge is 1.94. The number of hydrogen-bond donors (Lipinski definition) is 1. The van der Waals surface area contributed by atoms with Crippen LogP contribution in [0.15, 0.2) is 18.7 Å². The van der Waals surface area contributed by atoms with Crippen molar-refractivity contribution in [3.05, 3.63) is 18.7 Å². The fourth-order valence-corrected chi connectivity index (χ4v) is 0.447. The summed E-state index contributed by atoms with van der Waals surface area (Å²) in [6.45, 7) is -0.315. The van der Waals surface area contributed by atoms with Gasteiger partial charge in [-0.2, -0.15) is 0 Å². The lowest BCUT2D eigenvalue weighted by molar-refractivity contribution is -0.137. The Morgan fingerprint density at radius 1 is 1.90 bits per heavy atom. The van der Waals surface area contributed by atoms with Crippen molar-refractivity contribution in [2.45, 2.75) is 6.54 Å². The second-order valence-electron chi connectivity index (χ2n) is 1.49. The lowest BCUT2D eigenvalue weighted by Gasteiger charge is -1.91. The molecule has 0 aromatic carbocycles. The summed E-state index contributed by atoms with van der Waals surface area (Å²) >= 11 is 0. The zero-order valence-corrected chi connectivity index (χ0v) is 5.76. The van der Waals surface area contributed by atoms with E-state index in [-0.39, 0.29) is 31.3 Å². The molecular formula is C5H7ClN2O2. The minimum absolute atomic E-state index is 0. The number of aliphatic carboxylic acids is 1. The van der Waals surface area contributed by atoms with E-state index in [1.165, 1.54) is 6.33 Å². The maximum atomic E-state index is 10.1. The second kappa shape index (κ2) is 3.90. The molecule has 0 saturated carbocycles. The quantitative estimate of drug-likeness (QED) is 0.688. The lowest BCUT2D eigenvalue weighted by Crippen LogP contribution is -2.05. The Hall–Kier alpha value is -1.03. The summed E-state index contributed by atoms with van der Waals surface area (Å²) in [6, 6.07) is 0. The molecule has 0 fully saturated rings. The molecule has 1 rings (SSSR count). The highest BCUT2D eigenvalue weighted by atomic mass is 35.5. The van der Waals surface area contributed by atoms with Crippen LogP contribution in [0.3, 0.4) is 0 Å². The Morgan fingerprint density at radius 2 is 2.60 bits per heavy atom. The summed E-state index contributed by atoms with van der Waals surface area (Å²) in [7, 11) is 0. The standard InChI is InChI=1S/C5H6N2O2.ClH/c8-5(9)3-7-2-1-6-4-7;/h1-2,4H,3H2,(H,8,9);1H/i1D,2D;. The highest BCUT2D eigenvalue weighted by Crippen LogP contribution is 1.83. The molecule has 0 unspecified atom stereocenters. The van der Waals surface area contributed by atoms with E-state index in [1.807, 2.05) is 0 Å². The van der Waals surface area contributed by atoms with Crippen LogP contribution in [0.4, 0.5) is 0 Å². The number of carboxylic acid groups (broad SMARTS) is 1. The minimum Gasteiger partial charge on any atom is -0.480 e. The van der Waals surface area contributed by atoms with Gasteiger partial charge in [-0.05, 0) is 0 Å². The summed E-state index contributed by atoms with van der Waals surface area (Å²) < 4.78 is 15.2. The van der Waals surface area contributed by atoms with Gasteiger partial charge in [-0.1, -0.05) is 0 Å². The second-order valence-corrected chi connectivity index (χ2v) is 1.49. The first kappa shape index (κ1) is 5.73. The predicted octanol–water partition coefficient (Wildman–Crippen LogP) is 0.390. The van der Waals surface area contributed by atoms with Crippen LogP contribution in [-0.4, -0.2) is 20.6 Å². The Morgan fingerprint density at radius 3 is 3.00 bits per heavy atom.